The highest BCUT2D eigenvalue weighted by Gasteiger charge is 2.36. The van der Waals surface area contributed by atoms with Crippen molar-refractivity contribution in [2.45, 2.75) is 32.1 Å². The van der Waals surface area contributed by atoms with Gasteiger partial charge in [0.1, 0.15) is 11.2 Å². The molecular weight excluding hydrogens is 849 g/mol. The molecule has 10 aromatic carbocycles. The van der Waals surface area contributed by atoms with E-state index in [-0.39, 0.29) is 5.41 Å². The zero-order chi connectivity index (χ0) is 46.5. The monoisotopic (exact) mass is 896 g/mol. The third-order valence-corrected chi connectivity index (χ3v) is 15.2. The molecule has 70 heavy (non-hydrogen) atoms. The number of para-hydroxylation sites is 4. The normalized spacial score (nSPS) is 13.9. The van der Waals surface area contributed by atoms with Crippen LogP contribution >= 0.6 is 0 Å². The lowest BCUT2D eigenvalue weighted by Gasteiger charge is -2.29. The van der Waals surface area contributed by atoms with Crippen LogP contribution in [0.4, 0.5) is 17.1 Å². The van der Waals surface area contributed by atoms with Gasteiger partial charge < -0.3 is 13.9 Å². The van der Waals surface area contributed by atoms with Crippen LogP contribution < -0.4 is 4.90 Å². The number of fused-ring (bicyclic) bond motifs is 10. The molecule has 0 radical (unpaired) electrons. The van der Waals surface area contributed by atoms with Crippen molar-refractivity contribution in [3.05, 3.63) is 247 Å². The molecule has 2 aromatic heterocycles. The SMILES string of the molecule is CC1(C)c2cc(C3=CCCC=C3)ccc2-c2ccc(N(c3ccc(-c4cccc5c4oc4ccccc45)cc3)c3ccc(-c4ccc5c(c4)c4ccccc4n5-c4ccccc4)c4ccccc34)cc21. The molecule has 12 aromatic rings. The Kier molecular flexibility index (Phi) is 9.06. The van der Waals surface area contributed by atoms with Crippen molar-refractivity contribution in [1.29, 1.82) is 0 Å². The molecule has 0 atom stereocenters. The molecule has 0 saturated heterocycles. The summed E-state index contributed by atoms with van der Waals surface area (Å²) in [6.45, 7) is 4.79. The highest BCUT2D eigenvalue weighted by molar-refractivity contribution is 6.13. The predicted octanol–water partition coefficient (Wildman–Crippen LogP) is 18.7. The van der Waals surface area contributed by atoms with Gasteiger partial charge in [-0.15, -0.1) is 0 Å². The Morgan fingerprint density at radius 1 is 0.443 bits per heavy atom. The fraction of sp³-hybridized carbons (Fsp3) is 0.0746. The van der Waals surface area contributed by atoms with E-state index in [1.807, 2.05) is 6.07 Å². The maximum absolute atomic E-state index is 6.53. The van der Waals surface area contributed by atoms with Gasteiger partial charge in [0, 0.05) is 55.0 Å². The van der Waals surface area contributed by atoms with Crippen molar-refractivity contribution in [1.82, 2.24) is 4.57 Å². The summed E-state index contributed by atoms with van der Waals surface area (Å²) >= 11 is 0. The molecule has 3 heteroatoms. The summed E-state index contributed by atoms with van der Waals surface area (Å²) in [5.74, 6) is 0. The Labute approximate surface area is 407 Å². The number of aromatic nitrogens is 1. The van der Waals surface area contributed by atoms with Crippen molar-refractivity contribution in [3.63, 3.8) is 0 Å². The van der Waals surface area contributed by atoms with Gasteiger partial charge in [-0.05, 0) is 141 Å². The van der Waals surface area contributed by atoms with E-state index in [9.17, 15) is 0 Å². The number of furan rings is 1. The third-order valence-electron chi connectivity index (χ3n) is 15.2. The van der Waals surface area contributed by atoms with Crippen LogP contribution in [0.1, 0.15) is 43.4 Å². The average Bonchev–Trinajstić information content (AvgIpc) is 4.04. The van der Waals surface area contributed by atoms with Crippen LogP contribution in [0.3, 0.4) is 0 Å². The fourth-order valence-electron chi connectivity index (χ4n) is 11.8. The van der Waals surface area contributed by atoms with Crippen molar-refractivity contribution in [3.8, 4) is 39.1 Å². The Morgan fingerprint density at radius 3 is 1.93 bits per heavy atom. The molecule has 0 unspecified atom stereocenters. The van der Waals surface area contributed by atoms with Crippen molar-refractivity contribution < 1.29 is 4.42 Å². The largest absolute Gasteiger partial charge is 0.455 e. The van der Waals surface area contributed by atoms with E-state index in [0.29, 0.717) is 0 Å². The van der Waals surface area contributed by atoms with Gasteiger partial charge in [0.25, 0.3) is 0 Å². The van der Waals surface area contributed by atoms with E-state index in [2.05, 4.69) is 248 Å². The van der Waals surface area contributed by atoms with E-state index in [0.717, 1.165) is 68.7 Å². The second kappa shape index (κ2) is 15.7. The number of benzene rings is 10. The van der Waals surface area contributed by atoms with Gasteiger partial charge in [-0.1, -0.05) is 172 Å². The van der Waals surface area contributed by atoms with Crippen molar-refractivity contribution >= 4 is 77.2 Å². The Morgan fingerprint density at radius 2 is 1.10 bits per heavy atom. The molecule has 0 saturated carbocycles. The van der Waals surface area contributed by atoms with Gasteiger partial charge in [-0.2, -0.15) is 0 Å². The van der Waals surface area contributed by atoms with Crippen LogP contribution in [-0.2, 0) is 5.41 Å². The van der Waals surface area contributed by atoms with Crippen molar-refractivity contribution in [2.24, 2.45) is 0 Å². The Balaban J connectivity index is 0.928. The van der Waals surface area contributed by atoms with Gasteiger partial charge in [-0.25, -0.2) is 0 Å². The first-order chi connectivity index (χ1) is 34.5. The van der Waals surface area contributed by atoms with Crippen LogP contribution in [-0.4, -0.2) is 4.57 Å². The Hall–Kier alpha value is -8.66. The van der Waals surface area contributed by atoms with E-state index in [1.54, 1.807) is 0 Å². The highest BCUT2D eigenvalue weighted by Crippen LogP contribution is 2.52. The average molecular weight is 897 g/mol. The molecule has 2 heterocycles. The highest BCUT2D eigenvalue weighted by atomic mass is 16.3. The minimum Gasteiger partial charge on any atom is -0.455 e. The summed E-state index contributed by atoms with van der Waals surface area (Å²) in [7, 11) is 0. The molecule has 0 fully saturated rings. The van der Waals surface area contributed by atoms with E-state index in [1.165, 1.54) is 77.1 Å². The molecule has 0 amide bonds. The molecular formula is C67H48N2O. The number of hydrogen-bond acceptors (Lipinski definition) is 2. The molecule has 0 aliphatic heterocycles. The fourth-order valence-corrected chi connectivity index (χ4v) is 11.8. The molecule has 2 aliphatic carbocycles. The van der Waals surface area contributed by atoms with Crippen LogP contribution in [0.15, 0.2) is 235 Å². The molecule has 0 N–H and O–H groups in total. The lowest BCUT2D eigenvalue weighted by molar-refractivity contribution is 0.660. The molecule has 0 spiro atoms. The van der Waals surface area contributed by atoms with Gasteiger partial charge in [0.15, 0.2) is 0 Å². The van der Waals surface area contributed by atoms with Crippen LogP contribution in [0, 0.1) is 0 Å². The topological polar surface area (TPSA) is 21.3 Å². The number of anilines is 3. The van der Waals surface area contributed by atoms with Crippen LogP contribution in [0.25, 0.3) is 99.2 Å². The number of nitrogens with zero attached hydrogens (tertiary/aromatic N) is 2. The zero-order valence-electron chi connectivity index (χ0n) is 39.2. The second-order valence-corrected chi connectivity index (χ2v) is 19.5. The van der Waals surface area contributed by atoms with E-state index in [4.69, 9.17) is 4.42 Å². The zero-order valence-corrected chi connectivity index (χ0v) is 39.2. The van der Waals surface area contributed by atoms with Gasteiger partial charge >= 0.3 is 0 Å². The first kappa shape index (κ1) is 40.4. The maximum Gasteiger partial charge on any atom is 0.143 e. The van der Waals surface area contributed by atoms with Gasteiger partial charge in [0.05, 0.1) is 16.7 Å². The molecule has 332 valence electrons. The Bertz CT molecular complexity index is 4140. The first-order valence-corrected chi connectivity index (χ1v) is 24.6. The first-order valence-electron chi connectivity index (χ1n) is 24.6. The number of allylic oxidation sites excluding steroid dienone is 4. The molecule has 14 rings (SSSR count). The minimum atomic E-state index is -0.204. The van der Waals surface area contributed by atoms with Gasteiger partial charge in [-0.3, -0.25) is 0 Å². The lowest BCUT2D eigenvalue weighted by atomic mass is 9.81. The summed E-state index contributed by atoms with van der Waals surface area (Å²) in [4.78, 5) is 2.47. The summed E-state index contributed by atoms with van der Waals surface area (Å²) in [6.07, 6.45) is 9.17. The van der Waals surface area contributed by atoms with E-state index < -0.39 is 0 Å². The summed E-state index contributed by atoms with van der Waals surface area (Å²) in [5, 5.41) is 7.15. The molecule has 3 nitrogen and oxygen atoms in total. The van der Waals surface area contributed by atoms with Crippen LogP contribution in [0.2, 0.25) is 0 Å². The molecule has 0 bridgehead atoms. The number of hydrogen-bond donors (Lipinski definition) is 0. The van der Waals surface area contributed by atoms with Gasteiger partial charge in [0.2, 0.25) is 0 Å². The van der Waals surface area contributed by atoms with Crippen molar-refractivity contribution in [2.75, 3.05) is 4.90 Å². The maximum atomic E-state index is 6.53. The quantitative estimate of drug-likeness (QED) is 0.159. The van der Waals surface area contributed by atoms with E-state index >= 15 is 0 Å². The standard InChI is InChI=1S/C67H48N2O/c1-67(2)60-41-45(43-16-5-3-6-17-43)30-35-53(60)54-36-34-49(42-61(54)67)68(48-32-28-44(29-33-48)51-24-15-25-58-57-23-12-14-27-65(57)70-66(51)58)63-39-37-50(52-20-9-10-21-55(52)63)46-31-38-64-59(40-46)56-22-11-13-26-62(56)69(64)47-18-7-4-8-19-47/h4-5,7-42H,3,6H2,1-2H3. The summed E-state index contributed by atoms with van der Waals surface area (Å²) < 4.78 is 8.91. The predicted molar refractivity (Wildman–Crippen MR) is 295 cm³/mol. The minimum absolute atomic E-state index is 0.204. The second-order valence-electron chi connectivity index (χ2n) is 19.5. The lowest BCUT2D eigenvalue weighted by Crippen LogP contribution is -2.17. The third kappa shape index (κ3) is 6.21. The molecule has 2 aliphatic rings. The summed E-state index contributed by atoms with van der Waals surface area (Å²) in [5.41, 5.74) is 21.1. The van der Waals surface area contributed by atoms with Crippen LogP contribution in [0.5, 0.6) is 0 Å². The number of rotatable bonds is 7. The summed E-state index contributed by atoms with van der Waals surface area (Å²) in [6, 6.07) is 78.2. The smallest absolute Gasteiger partial charge is 0.143 e.